The van der Waals surface area contributed by atoms with Crippen LogP contribution in [0.2, 0.25) is 0 Å². The summed E-state index contributed by atoms with van der Waals surface area (Å²) in [5.41, 5.74) is 0. The molecular formula is C10H13NO3. The average Bonchev–Trinajstić information content (AvgIpc) is 2.20. The van der Waals surface area contributed by atoms with Crippen molar-refractivity contribution in [3.05, 3.63) is 40.4 Å². The van der Waals surface area contributed by atoms with E-state index < -0.39 is 6.04 Å². The fraction of sp³-hybridized carbons (Fsp3) is 0.400. The highest BCUT2D eigenvalue weighted by Crippen LogP contribution is 2.09. The van der Waals surface area contributed by atoms with Crippen molar-refractivity contribution >= 4 is 0 Å². The predicted octanol–water partition coefficient (Wildman–Crippen LogP) is 2.12. The Balaban J connectivity index is 2.44. The van der Waals surface area contributed by atoms with E-state index in [1.54, 1.807) is 19.1 Å². The monoisotopic (exact) mass is 195 g/mol. The number of nitrogens with zero attached hydrogens (tertiary/aromatic N) is 1. The lowest BCUT2D eigenvalue weighted by Crippen LogP contribution is -2.26. The van der Waals surface area contributed by atoms with Crippen molar-refractivity contribution in [2.45, 2.75) is 19.4 Å². The summed E-state index contributed by atoms with van der Waals surface area (Å²) in [6.45, 7) is 1.91. The number of nitro groups is 1. The van der Waals surface area contributed by atoms with Crippen LogP contribution in [0.25, 0.3) is 0 Å². The Bertz CT molecular complexity index is 287. The Hall–Kier alpha value is -1.58. The summed E-state index contributed by atoms with van der Waals surface area (Å²) in [4.78, 5) is 10.2. The first-order chi connectivity index (χ1) is 6.74. The van der Waals surface area contributed by atoms with E-state index in [9.17, 15) is 10.1 Å². The topological polar surface area (TPSA) is 52.4 Å². The minimum Gasteiger partial charge on any atom is -0.486 e. The summed E-state index contributed by atoms with van der Waals surface area (Å²) in [6, 6.07) is 8.50. The highest BCUT2D eigenvalue weighted by atomic mass is 16.6. The fourth-order valence-corrected chi connectivity index (χ4v) is 1.04. The number of ether oxygens (including phenoxy) is 1. The maximum absolute atomic E-state index is 10.5. The molecule has 1 atom stereocenters. The van der Waals surface area contributed by atoms with Crippen LogP contribution in [0, 0.1) is 10.1 Å². The Kier molecular flexibility index (Phi) is 3.91. The molecule has 0 saturated heterocycles. The third-order valence-corrected chi connectivity index (χ3v) is 1.95. The van der Waals surface area contributed by atoms with Crippen molar-refractivity contribution in [2.75, 3.05) is 6.61 Å². The lowest BCUT2D eigenvalue weighted by atomic mass is 10.2. The number of hydrogen-bond acceptors (Lipinski definition) is 3. The summed E-state index contributed by atoms with van der Waals surface area (Å²) in [5.74, 6) is 0.674. The van der Waals surface area contributed by atoms with Crippen molar-refractivity contribution in [1.82, 2.24) is 0 Å². The first-order valence-corrected chi connectivity index (χ1v) is 4.55. The standard InChI is InChI=1S/C10H13NO3/c1-2-9(11(12)13)8-14-10-6-4-3-5-7-10/h3-7,9H,2,8H2,1H3. The second-order valence-electron chi connectivity index (χ2n) is 2.97. The van der Waals surface area contributed by atoms with Crippen molar-refractivity contribution < 1.29 is 9.66 Å². The lowest BCUT2D eigenvalue weighted by Gasteiger charge is -2.08. The van der Waals surface area contributed by atoms with Gasteiger partial charge in [0, 0.05) is 11.3 Å². The van der Waals surface area contributed by atoms with Gasteiger partial charge in [-0.15, -0.1) is 0 Å². The molecule has 0 aliphatic rings. The van der Waals surface area contributed by atoms with Gasteiger partial charge in [-0.3, -0.25) is 10.1 Å². The van der Waals surface area contributed by atoms with Crippen LogP contribution in [0.15, 0.2) is 30.3 Å². The molecule has 76 valence electrons. The van der Waals surface area contributed by atoms with Gasteiger partial charge < -0.3 is 4.74 Å². The van der Waals surface area contributed by atoms with Gasteiger partial charge in [0.05, 0.1) is 0 Å². The Labute approximate surface area is 82.7 Å². The van der Waals surface area contributed by atoms with E-state index in [0.717, 1.165) is 0 Å². The molecular weight excluding hydrogens is 182 g/mol. The molecule has 0 spiro atoms. The van der Waals surface area contributed by atoms with Gasteiger partial charge in [-0.2, -0.15) is 0 Å². The minimum absolute atomic E-state index is 0.132. The third kappa shape index (κ3) is 3.05. The molecule has 4 nitrogen and oxygen atoms in total. The predicted molar refractivity (Wildman–Crippen MR) is 53.0 cm³/mol. The summed E-state index contributed by atoms with van der Waals surface area (Å²) >= 11 is 0. The molecule has 0 bridgehead atoms. The second-order valence-corrected chi connectivity index (χ2v) is 2.97. The molecule has 0 saturated carbocycles. The van der Waals surface area contributed by atoms with Gasteiger partial charge in [0.2, 0.25) is 6.04 Å². The summed E-state index contributed by atoms with van der Waals surface area (Å²) in [6.07, 6.45) is 0.486. The zero-order valence-electron chi connectivity index (χ0n) is 8.05. The van der Waals surface area contributed by atoms with E-state index in [1.165, 1.54) is 0 Å². The molecule has 0 fully saturated rings. The zero-order chi connectivity index (χ0) is 10.4. The quantitative estimate of drug-likeness (QED) is 0.534. The average molecular weight is 195 g/mol. The summed E-state index contributed by atoms with van der Waals surface area (Å²) < 4.78 is 5.28. The van der Waals surface area contributed by atoms with Crippen LogP contribution in [-0.4, -0.2) is 17.6 Å². The van der Waals surface area contributed by atoms with E-state index in [2.05, 4.69) is 0 Å². The lowest BCUT2D eigenvalue weighted by molar-refractivity contribution is -0.524. The molecule has 0 amide bonds. The van der Waals surface area contributed by atoms with Gasteiger partial charge in [0.1, 0.15) is 5.75 Å². The molecule has 0 aliphatic heterocycles. The molecule has 1 rings (SSSR count). The van der Waals surface area contributed by atoms with Crippen LogP contribution in [0.3, 0.4) is 0 Å². The van der Waals surface area contributed by atoms with Crippen molar-refractivity contribution in [3.8, 4) is 5.75 Å². The SMILES string of the molecule is CCC(COc1ccccc1)[N+](=O)[O-]. The number of hydrogen-bond donors (Lipinski definition) is 0. The maximum Gasteiger partial charge on any atom is 0.246 e. The van der Waals surface area contributed by atoms with E-state index in [-0.39, 0.29) is 11.5 Å². The Morgan fingerprint density at radius 1 is 1.43 bits per heavy atom. The molecule has 0 aromatic heterocycles. The van der Waals surface area contributed by atoms with E-state index in [1.807, 2.05) is 18.2 Å². The van der Waals surface area contributed by atoms with Gasteiger partial charge in [0.25, 0.3) is 0 Å². The van der Waals surface area contributed by atoms with Gasteiger partial charge in [-0.05, 0) is 12.1 Å². The van der Waals surface area contributed by atoms with Gasteiger partial charge >= 0.3 is 0 Å². The van der Waals surface area contributed by atoms with Crippen LogP contribution < -0.4 is 4.74 Å². The molecule has 1 unspecified atom stereocenters. The normalized spacial score (nSPS) is 12.1. The van der Waals surface area contributed by atoms with Gasteiger partial charge in [0.15, 0.2) is 6.61 Å². The molecule has 0 radical (unpaired) electrons. The van der Waals surface area contributed by atoms with E-state index >= 15 is 0 Å². The third-order valence-electron chi connectivity index (χ3n) is 1.95. The highest BCUT2D eigenvalue weighted by Gasteiger charge is 2.17. The van der Waals surface area contributed by atoms with Crippen LogP contribution in [0.5, 0.6) is 5.75 Å². The molecule has 4 heteroatoms. The number of rotatable bonds is 5. The maximum atomic E-state index is 10.5. The van der Waals surface area contributed by atoms with Crippen LogP contribution >= 0.6 is 0 Å². The molecule has 1 aromatic rings. The van der Waals surface area contributed by atoms with Crippen molar-refractivity contribution in [1.29, 1.82) is 0 Å². The van der Waals surface area contributed by atoms with Gasteiger partial charge in [-0.25, -0.2) is 0 Å². The second kappa shape index (κ2) is 5.21. The number of benzene rings is 1. The first kappa shape index (κ1) is 10.5. The number of para-hydroxylation sites is 1. The molecule has 0 heterocycles. The highest BCUT2D eigenvalue weighted by molar-refractivity contribution is 5.20. The van der Waals surface area contributed by atoms with E-state index in [0.29, 0.717) is 12.2 Å². The smallest absolute Gasteiger partial charge is 0.246 e. The van der Waals surface area contributed by atoms with Crippen molar-refractivity contribution in [3.63, 3.8) is 0 Å². The Morgan fingerprint density at radius 2 is 2.07 bits per heavy atom. The van der Waals surface area contributed by atoms with Crippen molar-refractivity contribution in [2.24, 2.45) is 0 Å². The minimum atomic E-state index is -0.616. The summed E-state index contributed by atoms with van der Waals surface area (Å²) in [5, 5.41) is 10.5. The largest absolute Gasteiger partial charge is 0.486 e. The molecule has 0 N–H and O–H groups in total. The molecule has 1 aromatic carbocycles. The van der Waals surface area contributed by atoms with Crippen LogP contribution in [-0.2, 0) is 0 Å². The zero-order valence-corrected chi connectivity index (χ0v) is 8.05. The van der Waals surface area contributed by atoms with Crippen LogP contribution in [0.4, 0.5) is 0 Å². The molecule has 14 heavy (non-hydrogen) atoms. The van der Waals surface area contributed by atoms with Crippen LogP contribution in [0.1, 0.15) is 13.3 Å². The molecule has 0 aliphatic carbocycles. The van der Waals surface area contributed by atoms with Gasteiger partial charge in [-0.1, -0.05) is 25.1 Å². The summed E-state index contributed by atoms with van der Waals surface area (Å²) in [7, 11) is 0. The first-order valence-electron chi connectivity index (χ1n) is 4.55. The Morgan fingerprint density at radius 3 is 2.57 bits per heavy atom. The fourth-order valence-electron chi connectivity index (χ4n) is 1.04. The van der Waals surface area contributed by atoms with E-state index in [4.69, 9.17) is 4.74 Å².